The monoisotopic (exact) mass is 427 g/mol. The molecule has 1 aromatic rings. The van der Waals surface area contributed by atoms with Gasteiger partial charge in [-0.3, -0.25) is 9.69 Å². The fraction of sp³-hybridized carbons (Fsp3) is 0.682. The highest BCUT2D eigenvalue weighted by Gasteiger charge is 2.39. The van der Waals surface area contributed by atoms with Crippen LogP contribution in [0, 0.1) is 5.82 Å². The number of carbonyl (C=O) groups is 1. The Hall–Kier alpha value is -1.37. The Balaban J connectivity index is 0.00000300. The van der Waals surface area contributed by atoms with Gasteiger partial charge in [0.25, 0.3) is 5.91 Å². The number of ether oxygens (including phenoxy) is 1. The highest BCUT2D eigenvalue weighted by Crippen LogP contribution is 2.34. The van der Waals surface area contributed by atoms with Gasteiger partial charge < -0.3 is 15.0 Å². The lowest BCUT2D eigenvalue weighted by atomic mass is 9.79. The van der Waals surface area contributed by atoms with E-state index in [1.165, 1.54) is 25.3 Å². The van der Waals surface area contributed by atoms with Gasteiger partial charge in [0.2, 0.25) is 0 Å². The van der Waals surface area contributed by atoms with Crippen molar-refractivity contribution in [1.82, 2.24) is 15.1 Å². The number of piperazine rings is 1. The van der Waals surface area contributed by atoms with Gasteiger partial charge in [-0.25, -0.2) is 4.39 Å². The molecule has 1 atom stereocenters. The van der Waals surface area contributed by atoms with Crippen LogP contribution in [0.5, 0.6) is 5.75 Å². The molecular formula is C22H35ClFN3O2. The molecule has 1 saturated heterocycles. The Kier molecular flexibility index (Phi) is 9.18. The summed E-state index contributed by atoms with van der Waals surface area (Å²) in [5.41, 5.74) is 0.0471. The first-order chi connectivity index (χ1) is 13.5. The quantitative estimate of drug-likeness (QED) is 0.723. The Morgan fingerprint density at radius 1 is 1.17 bits per heavy atom. The molecule has 5 nitrogen and oxygen atoms in total. The van der Waals surface area contributed by atoms with Crippen LogP contribution in [0.25, 0.3) is 0 Å². The summed E-state index contributed by atoms with van der Waals surface area (Å²) in [6, 6.07) is 6.25. The van der Waals surface area contributed by atoms with E-state index in [0.29, 0.717) is 13.0 Å². The van der Waals surface area contributed by atoms with Crippen LogP contribution in [0.2, 0.25) is 0 Å². The third kappa shape index (κ3) is 6.06. The Labute approximate surface area is 180 Å². The number of carbonyl (C=O) groups excluding carboxylic acids is 1. The number of benzene rings is 1. The molecular weight excluding hydrogens is 393 g/mol. The highest BCUT2D eigenvalue weighted by molar-refractivity contribution is 5.85. The van der Waals surface area contributed by atoms with Gasteiger partial charge in [0.15, 0.2) is 17.7 Å². The molecule has 1 N–H and O–H groups in total. The second-order valence-corrected chi connectivity index (χ2v) is 8.24. The van der Waals surface area contributed by atoms with Crippen LogP contribution in [0.3, 0.4) is 0 Å². The summed E-state index contributed by atoms with van der Waals surface area (Å²) in [4.78, 5) is 17.8. The maximum atomic E-state index is 13.9. The number of nitrogens with one attached hydrogen (secondary N) is 1. The summed E-state index contributed by atoms with van der Waals surface area (Å²) >= 11 is 0. The molecule has 3 rings (SSSR count). The zero-order valence-electron chi connectivity index (χ0n) is 17.7. The fourth-order valence-electron chi connectivity index (χ4n) is 4.48. The average Bonchev–Trinajstić information content (AvgIpc) is 2.72. The highest BCUT2D eigenvalue weighted by atomic mass is 35.5. The van der Waals surface area contributed by atoms with Crippen molar-refractivity contribution >= 4 is 18.3 Å². The van der Waals surface area contributed by atoms with Crippen LogP contribution in [-0.2, 0) is 4.79 Å². The van der Waals surface area contributed by atoms with Gasteiger partial charge in [-0.05, 0) is 38.4 Å². The van der Waals surface area contributed by atoms with Gasteiger partial charge in [0.05, 0.1) is 0 Å². The lowest BCUT2D eigenvalue weighted by Crippen LogP contribution is -2.62. The Morgan fingerprint density at radius 2 is 1.83 bits per heavy atom. The van der Waals surface area contributed by atoms with E-state index in [4.69, 9.17) is 4.74 Å². The summed E-state index contributed by atoms with van der Waals surface area (Å²) < 4.78 is 19.6. The number of hydrogen-bond donors (Lipinski definition) is 1. The van der Waals surface area contributed by atoms with Gasteiger partial charge in [-0.1, -0.05) is 38.3 Å². The second kappa shape index (κ2) is 11.1. The first kappa shape index (κ1) is 23.9. The van der Waals surface area contributed by atoms with Gasteiger partial charge >= 0.3 is 0 Å². The van der Waals surface area contributed by atoms with E-state index in [-0.39, 0.29) is 29.6 Å². The molecule has 0 radical (unpaired) electrons. The van der Waals surface area contributed by atoms with Crippen molar-refractivity contribution in [2.75, 3.05) is 39.8 Å². The van der Waals surface area contributed by atoms with Crippen molar-refractivity contribution < 1.29 is 13.9 Å². The largest absolute Gasteiger partial charge is 0.478 e. The maximum Gasteiger partial charge on any atom is 0.261 e. The molecule has 1 saturated carbocycles. The molecule has 2 fully saturated rings. The molecule has 0 aromatic heterocycles. The van der Waals surface area contributed by atoms with Crippen LogP contribution in [0.1, 0.15) is 45.4 Å². The SMILES string of the molecule is CCC(Oc1ccccc1F)C(=O)NCC1(N2CCN(C)CC2)CCCCC1.Cl. The van der Waals surface area contributed by atoms with Gasteiger partial charge in [0, 0.05) is 38.3 Å². The van der Waals surface area contributed by atoms with E-state index in [0.717, 1.165) is 39.0 Å². The maximum absolute atomic E-state index is 13.9. The lowest BCUT2D eigenvalue weighted by molar-refractivity contribution is -0.129. The minimum atomic E-state index is -0.676. The third-order valence-corrected chi connectivity index (χ3v) is 6.32. The molecule has 1 aliphatic heterocycles. The molecule has 1 aliphatic carbocycles. The first-order valence-corrected chi connectivity index (χ1v) is 10.7. The van der Waals surface area contributed by atoms with E-state index < -0.39 is 11.9 Å². The van der Waals surface area contributed by atoms with Crippen molar-refractivity contribution in [3.8, 4) is 5.75 Å². The van der Waals surface area contributed by atoms with Crippen molar-refractivity contribution in [3.05, 3.63) is 30.1 Å². The molecule has 0 bridgehead atoms. The minimum Gasteiger partial charge on any atom is -0.478 e. The second-order valence-electron chi connectivity index (χ2n) is 8.24. The topological polar surface area (TPSA) is 44.8 Å². The van der Waals surface area contributed by atoms with Crippen molar-refractivity contribution in [3.63, 3.8) is 0 Å². The number of para-hydroxylation sites is 1. The Morgan fingerprint density at radius 3 is 2.45 bits per heavy atom. The normalized spacial score (nSPS) is 21.1. The molecule has 0 spiro atoms. The smallest absolute Gasteiger partial charge is 0.261 e. The zero-order chi connectivity index (χ0) is 20.0. The van der Waals surface area contributed by atoms with E-state index >= 15 is 0 Å². The number of rotatable bonds is 7. The molecule has 164 valence electrons. The standard InChI is InChI=1S/C22H34FN3O2.ClH/c1-3-19(28-20-10-6-5-9-18(20)23)21(27)24-17-22(11-7-4-8-12-22)26-15-13-25(2)14-16-26;/h5-6,9-10,19H,3-4,7-8,11-17H2,1-2H3,(H,24,27);1H. The van der Waals surface area contributed by atoms with Crippen molar-refractivity contribution in [1.29, 1.82) is 0 Å². The number of nitrogens with zero attached hydrogens (tertiary/aromatic N) is 2. The van der Waals surface area contributed by atoms with Gasteiger partial charge in [-0.15, -0.1) is 12.4 Å². The fourth-order valence-corrected chi connectivity index (χ4v) is 4.48. The molecule has 7 heteroatoms. The van der Waals surface area contributed by atoms with E-state index in [1.54, 1.807) is 18.2 Å². The summed E-state index contributed by atoms with van der Waals surface area (Å²) in [7, 11) is 2.17. The van der Waals surface area contributed by atoms with Gasteiger partial charge in [-0.2, -0.15) is 0 Å². The molecule has 1 aromatic carbocycles. The minimum absolute atomic E-state index is 0. The van der Waals surface area contributed by atoms with E-state index in [1.807, 2.05) is 6.92 Å². The molecule has 1 unspecified atom stereocenters. The zero-order valence-corrected chi connectivity index (χ0v) is 18.5. The molecule has 2 aliphatic rings. The first-order valence-electron chi connectivity index (χ1n) is 10.7. The lowest BCUT2D eigenvalue weighted by Gasteiger charge is -2.49. The van der Waals surface area contributed by atoms with E-state index in [9.17, 15) is 9.18 Å². The van der Waals surface area contributed by atoms with E-state index in [2.05, 4.69) is 22.2 Å². The molecule has 1 amide bonds. The summed E-state index contributed by atoms with van der Waals surface area (Å²) in [5.74, 6) is -0.448. The van der Waals surface area contributed by atoms with Crippen LogP contribution in [0.15, 0.2) is 24.3 Å². The van der Waals surface area contributed by atoms with Crippen LogP contribution in [-0.4, -0.2) is 67.1 Å². The number of hydrogen-bond acceptors (Lipinski definition) is 4. The number of halogens is 2. The van der Waals surface area contributed by atoms with Crippen molar-refractivity contribution in [2.45, 2.75) is 57.1 Å². The van der Waals surface area contributed by atoms with Crippen molar-refractivity contribution in [2.24, 2.45) is 0 Å². The van der Waals surface area contributed by atoms with Crippen LogP contribution in [0.4, 0.5) is 4.39 Å². The van der Waals surface area contributed by atoms with Crippen LogP contribution >= 0.6 is 12.4 Å². The third-order valence-electron chi connectivity index (χ3n) is 6.32. The molecule has 1 heterocycles. The summed E-state index contributed by atoms with van der Waals surface area (Å²) in [6.07, 6.45) is 5.78. The molecule has 29 heavy (non-hydrogen) atoms. The number of likely N-dealkylation sites (N-methyl/N-ethyl adjacent to an activating group) is 1. The summed E-state index contributed by atoms with van der Waals surface area (Å²) in [6.45, 7) is 6.78. The predicted octanol–water partition coefficient (Wildman–Crippen LogP) is 3.47. The summed E-state index contributed by atoms with van der Waals surface area (Å²) in [5, 5.41) is 3.15. The van der Waals surface area contributed by atoms with Crippen LogP contribution < -0.4 is 10.1 Å². The predicted molar refractivity (Wildman–Crippen MR) is 116 cm³/mol. The average molecular weight is 428 g/mol. The Bertz CT molecular complexity index is 647. The van der Waals surface area contributed by atoms with Gasteiger partial charge in [0.1, 0.15) is 0 Å². The number of amides is 1.